The molecule has 0 aromatic carbocycles. The second kappa shape index (κ2) is 6.48. The van der Waals surface area contributed by atoms with E-state index in [1.54, 1.807) is 0 Å². The van der Waals surface area contributed by atoms with Crippen molar-refractivity contribution in [2.75, 3.05) is 19.7 Å². The Balaban J connectivity index is 1.47. The molecule has 156 valence electrons. The Hall–Kier alpha value is -1.56. The van der Waals surface area contributed by atoms with Gasteiger partial charge >= 0.3 is 6.09 Å². The molecule has 4 rings (SSSR count). The summed E-state index contributed by atoms with van der Waals surface area (Å²) in [6.45, 7) is 14.6. The number of carbonyl (C=O) groups excluding carboxylic acids is 1. The third-order valence-electron chi connectivity index (χ3n) is 6.95. The Morgan fingerprint density at radius 2 is 1.93 bits per heavy atom. The second-order valence-corrected chi connectivity index (χ2v) is 10.8. The molecule has 0 N–H and O–H groups in total. The molecule has 1 amide bonds. The molecule has 2 fully saturated rings. The van der Waals surface area contributed by atoms with Crippen LogP contribution in [-0.2, 0) is 15.9 Å². The Morgan fingerprint density at radius 3 is 2.57 bits per heavy atom. The molecule has 28 heavy (non-hydrogen) atoms. The van der Waals surface area contributed by atoms with E-state index in [1.807, 2.05) is 32.6 Å². The predicted molar refractivity (Wildman–Crippen MR) is 105 cm³/mol. The second-order valence-electron chi connectivity index (χ2n) is 10.8. The van der Waals surface area contributed by atoms with Crippen molar-refractivity contribution in [3.63, 3.8) is 0 Å². The molecule has 6 nitrogen and oxygen atoms in total. The Labute approximate surface area is 167 Å². The minimum absolute atomic E-state index is 0.0829. The third-order valence-corrected chi connectivity index (χ3v) is 6.95. The number of fused-ring (bicyclic) bond motifs is 3. The molecule has 6 heteroatoms. The normalized spacial score (nSPS) is 28.6. The Bertz CT molecular complexity index is 753. The maximum Gasteiger partial charge on any atom is 0.410 e. The summed E-state index contributed by atoms with van der Waals surface area (Å²) >= 11 is 0. The van der Waals surface area contributed by atoms with Crippen LogP contribution in [-0.4, -0.2) is 41.4 Å². The zero-order chi connectivity index (χ0) is 20.3. The molecule has 0 unspecified atom stereocenters. The fourth-order valence-electron chi connectivity index (χ4n) is 5.28. The minimum Gasteiger partial charge on any atom is -0.444 e. The predicted octanol–water partition coefficient (Wildman–Crippen LogP) is 4.66. The maximum absolute atomic E-state index is 12.4. The first-order chi connectivity index (χ1) is 13.0. The van der Waals surface area contributed by atoms with E-state index in [9.17, 15) is 4.79 Å². The Kier molecular flexibility index (Phi) is 4.57. The van der Waals surface area contributed by atoms with Crippen molar-refractivity contribution in [2.45, 2.75) is 78.9 Å². The van der Waals surface area contributed by atoms with Crippen LogP contribution in [0.4, 0.5) is 4.79 Å². The number of aryl methyl sites for hydroxylation is 1. The number of hydrogen-bond acceptors (Lipinski definition) is 5. The monoisotopic (exact) mass is 390 g/mol. The highest BCUT2D eigenvalue weighted by Gasteiger charge is 2.53. The number of carbonyl (C=O) groups is 1. The van der Waals surface area contributed by atoms with E-state index in [2.05, 4.69) is 19.0 Å². The van der Waals surface area contributed by atoms with E-state index >= 15 is 0 Å². The molecule has 3 heterocycles. The van der Waals surface area contributed by atoms with Crippen LogP contribution in [0.15, 0.2) is 4.52 Å². The summed E-state index contributed by atoms with van der Waals surface area (Å²) in [6.07, 6.45) is 3.88. The average molecular weight is 391 g/mol. The highest BCUT2D eigenvalue weighted by atomic mass is 16.6. The number of rotatable bonds is 0. The van der Waals surface area contributed by atoms with E-state index in [4.69, 9.17) is 14.0 Å². The molecule has 1 aliphatic carbocycles. The van der Waals surface area contributed by atoms with Crippen LogP contribution >= 0.6 is 0 Å². The summed E-state index contributed by atoms with van der Waals surface area (Å²) in [7, 11) is 0. The lowest BCUT2D eigenvalue weighted by atomic mass is 9.58. The molecule has 2 saturated heterocycles. The first kappa shape index (κ1) is 19.7. The standard InChI is InChI=1S/C22H34N2O4/c1-14-17-16(28-23-14)12-21(5,6)15-11-22(13-26-18(15)17)7-9-24(10-8-22)19(25)27-20(2,3)4/h15,18H,7-13H2,1-6H3/t15-,18-/m1/s1. The summed E-state index contributed by atoms with van der Waals surface area (Å²) in [5, 5.41) is 4.20. The molecule has 3 aliphatic rings. The van der Waals surface area contributed by atoms with Crippen LogP contribution in [0.3, 0.4) is 0 Å². The van der Waals surface area contributed by atoms with Gasteiger partial charge in [-0.05, 0) is 63.7 Å². The lowest BCUT2D eigenvalue weighted by Gasteiger charge is -2.54. The molecule has 1 aromatic heterocycles. The van der Waals surface area contributed by atoms with Crippen molar-refractivity contribution in [3.05, 3.63) is 17.0 Å². The Morgan fingerprint density at radius 1 is 1.25 bits per heavy atom. The van der Waals surface area contributed by atoms with Crippen molar-refractivity contribution in [2.24, 2.45) is 16.7 Å². The third kappa shape index (κ3) is 3.44. The van der Waals surface area contributed by atoms with Gasteiger partial charge in [0.05, 0.1) is 18.4 Å². The van der Waals surface area contributed by atoms with Gasteiger partial charge in [0.15, 0.2) is 0 Å². The number of hydrogen-bond donors (Lipinski definition) is 0. The number of ether oxygens (including phenoxy) is 2. The molecule has 1 aromatic rings. The highest BCUT2D eigenvalue weighted by Crippen LogP contribution is 2.57. The lowest BCUT2D eigenvalue weighted by Crippen LogP contribution is -2.52. The zero-order valence-corrected chi connectivity index (χ0v) is 18.1. The summed E-state index contributed by atoms with van der Waals surface area (Å²) in [4.78, 5) is 14.3. The van der Waals surface area contributed by atoms with E-state index < -0.39 is 5.60 Å². The molecule has 0 saturated carbocycles. The van der Waals surface area contributed by atoms with E-state index in [0.29, 0.717) is 5.92 Å². The van der Waals surface area contributed by atoms with Crippen LogP contribution in [0.1, 0.15) is 77.0 Å². The smallest absolute Gasteiger partial charge is 0.410 e. The van der Waals surface area contributed by atoms with E-state index in [-0.39, 0.29) is 23.0 Å². The number of amides is 1. The van der Waals surface area contributed by atoms with Gasteiger partial charge in [0.2, 0.25) is 0 Å². The van der Waals surface area contributed by atoms with Crippen molar-refractivity contribution < 1.29 is 18.8 Å². The molecular weight excluding hydrogens is 356 g/mol. The van der Waals surface area contributed by atoms with Gasteiger partial charge in [-0.25, -0.2) is 4.79 Å². The molecule has 2 aliphatic heterocycles. The fraction of sp³-hybridized carbons (Fsp3) is 0.818. The van der Waals surface area contributed by atoms with Crippen LogP contribution < -0.4 is 0 Å². The fourth-order valence-corrected chi connectivity index (χ4v) is 5.28. The van der Waals surface area contributed by atoms with E-state index in [0.717, 1.165) is 56.8 Å². The van der Waals surface area contributed by atoms with Gasteiger partial charge in [0, 0.05) is 25.1 Å². The topological polar surface area (TPSA) is 64.8 Å². The summed E-state index contributed by atoms with van der Waals surface area (Å²) in [5.41, 5.74) is 1.97. The maximum atomic E-state index is 12.4. The van der Waals surface area contributed by atoms with Crippen molar-refractivity contribution in [1.29, 1.82) is 0 Å². The number of aromatic nitrogens is 1. The summed E-state index contributed by atoms with van der Waals surface area (Å²) in [6, 6.07) is 0. The molecule has 2 atom stereocenters. The van der Waals surface area contributed by atoms with Crippen molar-refractivity contribution in [3.8, 4) is 0 Å². The summed E-state index contributed by atoms with van der Waals surface area (Å²) < 4.78 is 17.7. The minimum atomic E-state index is -0.451. The van der Waals surface area contributed by atoms with Gasteiger partial charge in [-0.3, -0.25) is 0 Å². The van der Waals surface area contributed by atoms with Gasteiger partial charge in [0.1, 0.15) is 11.4 Å². The van der Waals surface area contributed by atoms with Gasteiger partial charge in [-0.1, -0.05) is 19.0 Å². The summed E-state index contributed by atoms with van der Waals surface area (Å²) in [5.74, 6) is 1.44. The number of piperidine rings is 1. The van der Waals surface area contributed by atoms with Crippen LogP contribution in [0.25, 0.3) is 0 Å². The van der Waals surface area contributed by atoms with Gasteiger partial charge in [-0.2, -0.15) is 0 Å². The van der Waals surface area contributed by atoms with E-state index in [1.165, 1.54) is 5.56 Å². The number of likely N-dealkylation sites (tertiary alicyclic amines) is 1. The molecule has 1 spiro atoms. The molecule has 0 radical (unpaired) electrons. The molecular formula is C22H34N2O4. The van der Waals surface area contributed by atoms with Gasteiger partial charge < -0.3 is 18.9 Å². The lowest BCUT2D eigenvalue weighted by molar-refractivity contribution is -0.154. The zero-order valence-electron chi connectivity index (χ0n) is 18.1. The first-order valence-corrected chi connectivity index (χ1v) is 10.5. The van der Waals surface area contributed by atoms with Gasteiger partial charge in [-0.15, -0.1) is 0 Å². The average Bonchev–Trinajstić information content (AvgIpc) is 2.94. The first-order valence-electron chi connectivity index (χ1n) is 10.5. The van der Waals surface area contributed by atoms with Gasteiger partial charge in [0.25, 0.3) is 0 Å². The largest absolute Gasteiger partial charge is 0.444 e. The highest BCUT2D eigenvalue weighted by molar-refractivity contribution is 5.68. The SMILES string of the molecule is Cc1noc2c1[C@@H]1OCC3(CCN(C(=O)OC(C)(C)C)CC3)C[C@H]1C(C)(C)C2. The number of nitrogens with zero attached hydrogens (tertiary/aromatic N) is 2. The van der Waals surface area contributed by atoms with Crippen LogP contribution in [0, 0.1) is 23.7 Å². The van der Waals surface area contributed by atoms with Crippen molar-refractivity contribution in [1.82, 2.24) is 10.1 Å². The van der Waals surface area contributed by atoms with Crippen molar-refractivity contribution >= 4 is 6.09 Å². The van der Waals surface area contributed by atoms with Crippen LogP contribution in [0.5, 0.6) is 0 Å². The quantitative estimate of drug-likeness (QED) is 0.645. The molecule has 0 bridgehead atoms. The van der Waals surface area contributed by atoms with Crippen LogP contribution in [0.2, 0.25) is 0 Å².